The summed E-state index contributed by atoms with van der Waals surface area (Å²) < 4.78 is 0. The van der Waals surface area contributed by atoms with E-state index in [0.29, 0.717) is 11.3 Å². The molecule has 0 spiro atoms. The summed E-state index contributed by atoms with van der Waals surface area (Å²) in [5.74, 6) is 4.74. The van der Waals surface area contributed by atoms with E-state index in [4.69, 9.17) is 16.8 Å². The molecule has 0 aliphatic rings. The number of nitrogens with one attached hydrogen (secondary N) is 1. The number of nitrogens with two attached hydrogens (primary N) is 2. The normalized spacial score (nSPS) is 10.6. The largest absolute Gasteiger partial charge is 0.377 e. The number of nitrogens with zero attached hydrogens (tertiary/aromatic N) is 2. The first-order valence-corrected chi connectivity index (χ1v) is 5.61. The van der Waals surface area contributed by atoms with Crippen LogP contribution in [0.2, 0.25) is 0 Å². The van der Waals surface area contributed by atoms with Crippen LogP contribution in [0.3, 0.4) is 0 Å². The van der Waals surface area contributed by atoms with E-state index in [-0.39, 0.29) is 16.8 Å². The number of amidine groups is 1. The van der Waals surface area contributed by atoms with Gasteiger partial charge in [0.15, 0.2) is 5.17 Å². The zero-order chi connectivity index (χ0) is 12.7. The molecule has 17 heavy (non-hydrogen) atoms. The number of thioether (sulfide) groups is 1. The first kappa shape index (κ1) is 12.9. The molecule has 0 heterocycles. The lowest BCUT2D eigenvalue weighted by Crippen LogP contribution is -2.18. The first-order chi connectivity index (χ1) is 8.17. The van der Waals surface area contributed by atoms with Crippen molar-refractivity contribution in [2.24, 2.45) is 16.7 Å². The number of nitriles is 1. The molecule has 1 amide bonds. The molecule has 0 saturated heterocycles. The molecule has 88 valence electrons. The summed E-state index contributed by atoms with van der Waals surface area (Å²) in [5, 5.41) is 14.8. The second-order valence-corrected chi connectivity index (χ2v) is 3.96. The SMILES string of the molecule is N#Cc1ccccc1NC(=O)CSC(N)=NN. The van der Waals surface area contributed by atoms with Crippen LogP contribution in [-0.2, 0) is 4.79 Å². The van der Waals surface area contributed by atoms with Gasteiger partial charge < -0.3 is 16.9 Å². The van der Waals surface area contributed by atoms with Gasteiger partial charge >= 0.3 is 0 Å². The van der Waals surface area contributed by atoms with E-state index in [2.05, 4.69) is 10.4 Å². The van der Waals surface area contributed by atoms with Gasteiger partial charge in [-0.15, -0.1) is 0 Å². The molecule has 0 unspecified atom stereocenters. The standard InChI is InChI=1S/C10H11N5OS/c11-5-7-3-1-2-4-8(7)14-9(16)6-17-10(12)15-13/h1-4H,6,13H2,(H2,12,15)(H,14,16). The Bertz CT molecular complexity index is 480. The number of hydrogen-bond donors (Lipinski definition) is 3. The molecule has 0 atom stereocenters. The van der Waals surface area contributed by atoms with E-state index in [1.54, 1.807) is 24.3 Å². The molecule has 0 saturated carbocycles. The van der Waals surface area contributed by atoms with Gasteiger partial charge in [0.1, 0.15) is 6.07 Å². The van der Waals surface area contributed by atoms with E-state index in [0.717, 1.165) is 11.8 Å². The van der Waals surface area contributed by atoms with Gasteiger partial charge in [0.2, 0.25) is 5.91 Å². The topological polar surface area (TPSA) is 117 Å². The van der Waals surface area contributed by atoms with Crippen LogP contribution in [0.4, 0.5) is 5.69 Å². The molecular weight excluding hydrogens is 238 g/mol. The zero-order valence-electron chi connectivity index (χ0n) is 8.88. The fourth-order valence-electron chi connectivity index (χ4n) is 1.05. The van der Waals surface area contributed by atoms with Crippen molar-refractivity contribution in [3.05, 3.63) is 29.8 Å². The zero-order valence-corrected chi connectivity index (χ0v) is 9.70. The summed E-state index contributed by atoms with van der Waals surface area (Å²) in [5.41, 5.74) is 6.21. The van der Waals surface area contributed by atoms with Gasteiger partial charge in [0.05, 0.1) is 17.0 Å². The highest BCUT2D eigenvalue weighted by molar-refractivity contribution is 8.14. The minimum Gasteiger partial charge on any atom is -0.377 e. The second kappa shape index (κ2) is 6.40. The van der Waals surface area contributed by atoms with Crippen molar-refractivity contribution in [3.63, 3.8) is 0 Å². The van der Waals surface area contributed by atoms with E-state index >= 15 is 0 Å². The molecule has 0 aliphatic carbocycles. The lowest BCUT2D eigenvalue weighted by atomic mass is 10.2. The minimum atomic E-state index is -0.274. The van der Waals surface area contributed by atoms with E-state index < -0.39 is 0 Å². The van der Waals surface area contributed by atoms with Gasteiger partial charge in [-0.3, -0.25) is 4.79 Å². The fourth-order valence-corrected chi connectivity index (χ4v) is 1.48. The highest BCUT2D eigenvalue weighted by Gasteiger charge is 2.07. The molecule has 0 fully saturated rings. The Morgan fingerprint density at radius 2 is 2.24 bits per heavy atom. The van der Waals surface area contributed by atoms with Crippen molar-refractivity contribution in [2.75, 3.05) is 11.1 Å². The van der Waals surface area contributed by atoms with Crippen LogP contribution in [0, 0.1) is 11.3 Å². The highest BCUT2D eigenvalue weighted by Crippen LogP contribution is 2.13. The average Bonchev–Trinajstić information content (AvgIpc) is 2.36. The number of benzene rings is 1. The van der Waals surface area contributed by atoms with Crippen LogP contribution in [-0.4, -0.2) is 16.8 Å². The third-order valence-electron chi connectivity index (χ3n) is 1.80. The van der Waals surface area contributed by atoms with Crippen molar-refractivity contribution in [1.29, 1.82) is 5.26 Å². The summed E-state index contributed by atoms with van der Waals surface area (Å²) in [7, 11) is 0. The van der Waals surface area contributed by atoms with Gasteiger partial charge in [-0.25, -0.2) is 0 Å². The van der Waals surface area contributed by atoms with E-state index in [1.165, 1.54) is 0 Å². The van der Waals surface area contributed by atoms with Crippen molar-refractivity contribution >= 4 is 28.5 Å². The van der Waals surface area contributed by atoms with Crippen molar-refractivity contribution < 1.29 is 4.79 Å². The third kappa shape index (κ3) is 4.04. The molecule has 1 aromatic rings. The Labute approximate surface area is 103 Å². The summed E-state index contributed by atoms with van der Waals surface area (Å²) in [6, 6.07) is 8.72. The Morgan fingerprint density at radius 3 is 2.88 bits per heavy atom. The maximum Gasteiger partial charge on any atom is 0.234 e. The molecule has 0 aromatic heterocycles. The third-order valence-corrected chi connectivity index (χ3v) is 2.61. The monoisotopic (exact) mass is 249 g/mol. The number of amides is 1. The van der Waals surface area contributed by atoms with Crippen LogP contribution in [0.15, 0.2) is 29.4 Å². The van der Waals surface area contributed by atoms with Gasteiger partial charge in [-0.2, -0.15) is 10.4 Å². The van der Waals surface area contributed by atoms with E-state index in [1.807, 2.05) is 6.07 Å². The van der Waals surface area contributed by atoms with Gasteiger partial charge in [0, 0.05) is 0 Å². The Hall–Kier alpha value is -2.20. The molecule has 5 N–H and O–H groups in total. The second-order valence-electron chi connectivity index (χ2n) is 2.96. The van der Waals surface area contributed by atoms with Crippen LogP contribution in [0.5, 0.6) is 0 Å². The van der Waals surface area contributed by atoms with Crippen molar-refractivity contribution in [2.45, 2.75) is 0 Å². The number of anilines is 1. The van der Waals surface area contributed by atoms with Gasteiger partial charge in [0.25, 0.3) is 0 Å². The fraction of sp³-hybridized carbons (Fsp3) is 0.100. The number of rotatable bonds is 3. The summed E-state index contributed by atoms with van der Waals surface area (Å²) in [6.45, 7) is 0. The van der Waals surface area contributed by atoms with Crippen molar-refractivity contribution in [1.82, 2.24) is 0 Å². The molecule has 1 aromatic carbocycles. The number of carbonyl (C=O) groups is 1. The summed E-state index contributed by atoms with van der Waals surface area (Å²) in [6.07, 6.45) is 0. The number of para-hydroxylation sites is 1. The molecule has 0 radical (unpaired) electrons. The Kier molecular flexibility index (Phi) is 4.84. The smallest absolute Gasteiger partial charge is 0.234 e. The van der Waals surface area contributed by atoms with Crippen LogP contribution in [0.1, 0.15) is 5.56 Å². The van der Waals surface area contributed by atoms with Crippen molar-refractivity contribution in [3.8, 4) is 6.07 Å². The van der Waals surface area contributed by atoms with Crippen LogP contribution < -0.4 is 16.9 Å². The van der Waals surface area contributed by atoms with Gasteiger partial charge in [-0.1, -0.05) is 23.9 Å². The Morgan fingerprint density at radius 1 is 1.53 bits per heavy atom. The predicted molar refractivity (Wildman–Crippen MR) is 68.1 cm³/mol. The quantitative estimate of drug-likeness (QED) is 0.310. The Balaban J connectivity index is 2.60. The predicted octanol–water partition coefficient (Wildman–Crippen LogP) is 0.418. The summed E-state index contributed by atoms with van der Waals surface area (Å²) >= 11 is 1.03. The van der Waals surface area contributed by atoms with Crippen LogP contribution in [0.25, 0.3) is 0 Å². The maximum absolute atomic E-state index is 11.5. The number of hydrogen-bond acceptors (Lipinski definition) is 5. The average molecular weight is 249 g/mol. The molecule has 0 aliphatic heterocycles. The molecular formula is C10H11N5OS. The molecule has 1 rings (SSSR count). The maximum atomic E-state index is 11.5. The van der Waals surface area contributed by atoms with Crippen LogP contribution >= 0.6 is 11.8 Å². The lowest BCUT2D eigenvalue weighted by Gasteiger charge is -2.05. The molecule has 7 heteroatoms. The van der Waals surface area contributed by atoms with Gasteiger partial charge in [-0.05, 0) is 12.1 Å². The summed E-state index contributed by atoms with van der Waals surface area (Å²) in [4.78, 5) is 11.5. The van der Waals surface area contributed by atoms with E-state index in [9.17, 15) is 4.79 Å². The number of carbonyl (C=O) groups excluding carboxylic acids is 1. The molecule has 0 bridgehead atoms. The number of hydrazone groups is 1. The first-order valence-electron chi connectivity index (χ1n) is 4.62. The minimum absolute atomic E-state index is 0.0896. The lowest BCUT2D eigenvalue weighted by molar-refractivity contribution is -0.113. The highest BCUT2D eigenvalue weighted by atomic mass is 32.2. The molecule has 6 nitrogen and oxygen atoms in total.